The molecule has 3 heterocycles. The predicted octanol–water partition coefficient (Wildman–Crippen LogP) is 3.18. The minimum Gasteiger partial charge on any atom is -0.383 e. The van der Waals surface area contributed by atoms with E-state index in [-0.39, 0.29) is 37.6 Å². The second-order valence-electron chi connectivity index (χ2n) is 8.16. The number of aromatic nitrogens is 1. The molecule has 7 heteroatoms. The first-order chi connectivity index (χ1) is 13.8. The first-order valence-electron chi connectivity index (χ1n) is 9.94. The molecule has 4 rings (SSSR count). The fourth-order valence-electron chi connectivity index (χ4n) is 4.50. The zero-order valence-electron chi connectivity index (χ0n) is 17.1. The van der Waals surface area contributed by atoms with Gasteiger partial charge in [-0.05, 0) is 18.6 Å². The zero-order chi connectivity index (χ0) is 20.8. The number of halogens is 2. The normalized spacial score (nSPS) is 22.1. The number of benzene rings is 1. The maximum atomic E-state index is 13.9. The number of carbonyl (C=O) groups is 1. The summed E-state index contributed by atoms with van der Waals surface area (Å²) in [6.07, 6.45) is -0.177. The van der Waals surface area contributed by atoms with Crippen LogP contribution in [0.15, 0.2) is 36.4 Å². The van der Waals surface area contributed by atoms with Crippen molar-refractivity contribution in [1.29, 1.82) is 0 Å². The molecule has 0 radical (unpaired) electrons. The predicted molar refractivity (Wildman–Crippen MR) is 107 cm³/mol. The van der Waals surface area contributed by atoms with Crippen LogP contribution in [0.1, 0.15) is 22.5 Å². The van der Waals surface area contributed by atoms with Crippen LogP contribution in [0, 0.1) is 6.92 Å². The lowest BCUT2D eigenvalue weighted by Crippen LogP contribution is -2.62. The molecule has 2 fully saturated rings. The first kappa shape index (κ1) is 20.0. The Morgan fingerprint density at radius 1 is 1.24 bits per heavy atom. The van der Waals surface area contributed by atoms with Gasteiger partial charge >= 0.3 is 0 Å². The van der Waals surface area contributed by atoms with Crippen LogP contribution in [0.25, 0.3) is 11.3 Å². The second-order valence-corrected chi connectivity index (χ2v) is 8.16. The molecule has 1 aromatic heterocycles. The van der Waals surface area contributed by atoms with E-state index in [9.17, 15) is 13.6 Å². The van der Waals surface area contributed by atoms with Crippen LogP contribution < -0.4 is 0 Å². The number of hydrogen-bond acceptors (Lipinski definition) is 3. The fraction of sp³-hybridized carbons (Fsp3) is 0.500. The van der Waals surface area contributed by atoms with Gasteiger partial charge in [0.05, 0.1) is 18.7 Å². The Hall–Kier alpha value is -2.25. The maximum absolute atomic E-state index is 13.9. The molecule has 2 saturated heterocycles. The highest BCUT2D eigenvalue weighted by molar-refractivity contribution is 5.97. The van der Waals surface area contributed by atoms with E-state index in [1.54, 1.807) is 4.90 Å². The first-order valence-corrected chi connectivity index (χ1v) is 9.94. The van der Waals surface area contributed by atoms with E-state index in [1.807, 2.05) is 59.8 Å². The number of carbonyl (C=O) groups excluding carboxylic acids is 1. The Morgan fingerprint density at radius 2 is 1.93 bits per heavy atom. The van der Waals surface area contributed by atoms with E-state index in [0.29, 0.717) is 18.7 Å². The molecule has 0 aliphatic carbocycles. The minimum atomic E-state index is -2.69. The number of likely N-dealkylation sites (tertiary alicyclic amines) is 2. The van der Waals surface area contributed by atoms with Gasteiger partial charge in [-0.2, -0.15) is 0 Å². The Morgan fingerprint density at radius 3 is 2.59 bits per heavy atom. The minimum absolute atomic E-state index is 0.0363. The van der Waals surface area contributed by atoms with Crippen molar-refractivity contribution in [2.75, 3.05) is 33.4 Å². The summed E-state index contributed by atoms with van der Waals surface area (Å²) in [6, 6.07) is 11.6. The van der Waals surface area contributed by atoms with Crippen molar-refractivity contribution in [3.05, 3.63) is 47.7 Å². The quantitative estimate of drug-likeness (QED) is 0.770. The number of alkyl halides is 2. The topological polar surface area (TPSA) is 37.7 Å². The fourth-order valence-corrected chi connectivity index (χ4v) is 4.50. The summed E-state index contributed by atoms with van der Waals surface area (Å²) in [5.74, 6) is -2.72. The molecular formula is C22H27F2N3O2. The third kappa shape index (κ3) is 3.69. The van der Waals surface area contributed by atoms with E-state index >= 15 is 0 Å². The van der Waals surface area contributed by atoms with Gasteiger partial charge in [-0.25, -0.2) is 8.78 Å². The molecular weight excluding hydrogens is 376 g/mol. The van der Waals surface area contributed by atoms with Crippen LogP contribution in [-0.4, -0.2) is 71.6 Å². The van der Waals surface area contributed by atoms with Gasteiger partial charge in [-0.15, -0.1) is 0 Å². The molecule has 2 aromatic rings. The lowest BCUT2D eigenvalue weighted by Gasteiger charge is -2.45. The molecule has 1 aromatic carbocycles. The molecule has 0 saturated carbocycles. The molecule has 0 N–H and O–H groups in total. The average Bonchev–Trinajstić information content (AvgIpc) is 3.11. The molecule has 2 aliphatic heterocycles. The number of hydrogen-bond donors (Lipinski definition) is 0. The molecule has 0 bridgehead atoms. The average molecular weight is 403 g/mol. The molecule has 2 aliphatic rings. The van der Waals surface area contributed by atoms with Gasteiger partial charge in [-0.1, -0.05) is 30.3 Å². The molecule has 156 valence electrons. The number of rotatable bonds is 5. The van der Waals surface area contributed by atoms with Crippen molar-refractivity contribution in [3.8, 4) is 11.3 Å². The van der Waals surface area contributed by atoms with Gasteiger partial charge in [0.1, 0.15) is 0 Å². The van der Waals surface area contributed by atoms with E-state index in [4.69, 9.17) is 4.74 Å². The van der Waals surface area contributed by atoms with Crippen LogP contribution in [0.5, 0.6) is 0 Å². The Labute approximate surface area is 169 Å². The van der Waals surface area contributed by atoms with Gasteiger partial charge in [0, 0.05) is 57.1 Å². The van der Waals surface area contributed by atoms with Gasteiger partial charge in [0.2, 0.25) is 0 Å². The van der Waals surface area contributed by atoms with Crippen molar-refractivity contribution in [2.45, 2.75) is 31.4 Å². The van der Waals surface area contributed by atoms with Crippen molar-refractivity contribution in [1.82, 2.24) is 14.4 Å². The SMILES string of the molecule is COCC1CC(F)(F)CN1C1CN(C(=O)c2cc(-c3ccccc3)n(C)c2C)C1. The zero-order valence-corrected chi connectivity index (χ0v) is 17.1. The summed E-state index contributed by atoms with van der Waals surface area (Å²) in [6.45, 7) is 2.93. The van der Waals surface area contributed by atoms with Crippen LogP contribution in [0.2, 0.25) is 0 Å². The van der Waals surface area contributed by atoms with Crippen molar-refractivity contribution in [3.63, 3.8) is 0 Å². The summed E-state index contributed by atoms with van der Waals surface area (Å²) in [5, 5.41) is 0. The van der Waals surface area contributed by atoms with E-state index < -0.39 is 5.92 Å². The van der Waals surface area contributed by atoms with Crippen LogP contribution in [-0.2, 0) is 11.8 Å². The Bertz CT molecular complexity index is 891. The van der Waals surface area contributed by atoms with E-state index in [0.717, 1.165) is 17.0 Å². The third-order valence-electron chi connectivity index (χ3n) is 6.23. The third-order valence-corrected chi connectivity index (χ3v) is 6.23. The second kappa shape index (κ2) is 7.54. The lowest BCUT2D eigenvalue weighted by molar-refractivity contribution is -0.0136. The lowest BCUT2D eigenvalue weighted by atomic mass is 10.0. The molecule has 5 nitrogen and oxygen atoms in total. The Balaban J connectivity index is 1.46. The monoisotopic (exact) mass is 403 g/mol. The number of amides is 1. The highest BCUT2D eigenvalue weighted by atomic mass is 19.3. The molecule has 0 spiro atoms. The molecule has 29 heavy (non-hydrogen) atoms. The van der Waals surface area contributed by atoms with Crippen LogP contribution in [0.3, 0.4) is 0 Å². The standard InChI is InChI=1S/C22H27F2N3O2/c1-15-19(9-20(25(15)2)16-7-5-4-6-8-16)21(28)26-11-18(12-26)27-14-22(23,24)10-17(27)13-29-3/h4-9,17-18H,10-14H2,1-3H3. The number of ether oxygens (including phenoxy) is 1. The number of methoxy groups -OCH3 is 1. The highest BCUT2D eigenvalue weighted by Gasteiger charge is 2.50. The number of nitrogens with zero attached hydrogens (tertiary/aromatic N) is 3. The van der Waals surface area contributed by atoms with Crippen molar-refractivity contribution in [2.24, 2.45) is 7.05 Å². The van der Waals surface area contributed by atoms with Gasteiger partial charge in [0.25, 0.3) is 11.8 Å². The summed E-state index contributed by atoms with van der Waals surface area (Å²) in [4.78, 5) is 16.6. The molecule has 1 atom stereocenters. The maximum Gasteiger partial charge on any atom is 0.262 e. The highest BCUT2D eigenvalue weighted by Crippen LogP contribution is 2.36. The van der Waals surface area contributed by atoms with Gasteiger partial charge < -0.3 is 14.2 Å². The smallest absolute Gasteiger partial charge is 0.262 e. The van der Waals surface area contributed by atoms with Crippen molar-refractivity contribution < 1.29 is 18.3 Å². The summed E-state index contributed by atoms with van der Waals surface area (Å²) >= 11 is 0. The summed E-state index contributed by atoms with van der Waals surface area (Å²) in [7, 11) is 3.49. The molecule has 1 unspecified atom stereocenters. The van der Waals surface area contributed by atoms with Gasteiger partial charge in [-0.3, -0.25) is 9.69 Å². The summed E-state index contributed by atoms with van der Waals surface area (Å²) in [5.41, 5.74) is 3.62. The Kier molecular flexibility index (Phi) is 5.21. The van der Waals surface area contributed by atoms with E-state index in [2.05, 4.69) is 0 Å². The molecule has 1 amide bonds. The van der Waals surface area contributed by atoms with Crippen LogP contribution in [0.4, 0.5) is 8.78 Å². The summed E-state index contributed by atoms with van der Waals surface area (Å²) < 4.78 is 34.9. The van der Waals surface area contributed by atoms with Gasteiger partial charge in [0.15, 0.2) is 0 Å². The largest absolute Gasteiger partial charge is 0.383 e. The van der Waals surface area contributed by atoms with Crippen LogP contribution >= 0.6 is 0 Å². The van der Waals surface area contributed by atoms with Crippen molar-refractivity contribution >= 4 is 5.91 Å². The van der Waals surface area contributed by atoms with E-state index in [1.165, 1.54) is 7.11 Å².